The van der Waals surface area contributed by atoms with Gasteiger partial charge in [-0.3, -0.25) is 18.9 Å². The van der Waals surface area contributed by atoms with Crippen molar-refractivity contribution in [2.45, 2.75) is 18.9 Å². The Balaban J connectivity index is 1.20. The molecule has 0 saturated carbocycles. The number of aliphatic carboxylic acids is 1. The summed E-state index contributed by atoms with van der Waals surface area (Å²) < 4.78 is 40.7. The molecule has 12 nitrogen and oxygen atoms in total. The average molecular weight is 647 g/mol. The fourth-order valence-electron chi connectivity index (χ4n) is 5.60. The van der Waals surface area contributed by atoms with Crippen LogP contribution < -0.4 is 19.8 Å². The zero-order valence-electron chi connectivity index (χ0n) is 24.6. The fourth-order valence-corrected chi connectivity index (χ4v) is 6.25. The van der Waals surface area contributed by atoms with Crippen LogP contribution in [0.25, 0.3) is 0 Å². The Kier molecular flexibility index (Phi) is 9.73. The Morgan fingerprint density at radius 1 is 1.09 bits per heavy atom. The first-order valence-electron chi connectivity index (χ1n) is 14.3. The quantitative estimate of drug-likeness (QED) is 0.297. The van der Waals surface area contributed by atoms with Crippen LogP contribution >= 0.6 is 11.6 Å². The molecule has 3 aromatic rings. The van der Waals surface area contributed by atoms with Gasteiger partial charge >= 0.3 is 5.97 Å². The monoisotopic (exact) mass is 646 g/mol. The van der Waals surface area contributed by atoms with Gasteiger partial charge in [-0.25, -0.2) is 17.8 Å². The molecule has 236 valence electrons. The van der Waals surface area contributed by atoms with Crippen LogP contribution in [0, 0.1) is 5.82 Å². The van der Waals surface area contributed by atoms with Crippen LogP contribution in [0.4, 0.5) is 38.9 Å². The van der Waals surface area contributed by atoms with Crippen LogP contribution in [-0.2, 0) is 14.8 Å². The predicted molar refractivity (Wildman–Crippen MR) is 171 cm³/mol. The lowest BCUT2D eigenvalue weighted by Crippen LogP contribution is -2.54. The largest absolute Gasteiger partial charge is 0.480 e. The molecule has 15 heteroatoms. The molecular formula is C29H36ClFN8O4S. The maximum absolute atomic E-state index is 15.3. The van der Waals surface area contributed by atoms with Gasteiger partial charge in [0.05, 0.1) is 36.1 Å². The van der Waals surface area contributed by atoms with E-state index in [1.54, 1.807) is 36.4 Å². The number of benzene rings is 2. The number of halogens is 2. The standard InChI is InChI=1S/C29H36ClFN8O4S/c1-36(44(2,42)43)26-6-4-3-5-24(26)34-28-22(30)18-32-29(35-28)33-20-7-8-25(23(31)17-20)39-11-9-21(10-12-39)38-15-13-37(14-16-38)19-27(40)41/h3-8,17-18,21H,9-16,19H2,1-2H3,(H,40,41)(H2,32,33,34,35). The number of anilines is 6. The number of rotatable bonds is 10. The van der Waals surface area contributed by atoms with E-state index < -0.39 is 16.0 Å². The number of para-hydroxylation sites is 2. The summed E-state index contributed by atoms with van der Waals surface area (Å²) in [5.41, 5.74) is 1.89. The second-order valence-corrected chi connectivity index (χ2v) is 13.4. The maximum atomic E-state index is 15.3. The molecule has 3 heterocycles. The summed E-state index contributed by atoms with van der Waals surface area (Å²) in [6.07, 6.45) is 4.35. The van der Waals surface area contributed by atoms with Crippen molar-refractivity contribution < 1.29 is 22.7 Å². The predicted octanol–water partition coefficient (Wildman–Crippen LogP) is 3.82. The van der Waals surface area contributed by atoms with Gasteiger partial charge in [0, 0.05) is 58.0 Å². The molecule has 0 radical (unpaired) electrons. The molecule has 2 aliphatic rings. The average Bonchev–Trinajstić information content (AvgIpc) is 2.99. The Labute approximate surface area is 261 Å². The molecule has 2 saturated heterocycles. The van der Waals surface area contributed by atoms with E-state index in [1.165, 1.54) is 19.3 Å². The zero-order chi connectivity index (χ0) is 31.4. The summed E-state index contributed by atoms with van der Waals surface area (Å²) >= 11 is 6.35. The number of carboxylic acid groups (broad SMARTS) is 1. The van der Waals surface area contributed by atoms with Gasteiger partial charge in [-0.05, 0) is 43.2 Å². The Morgan fingerprint density at radius 2 is 1.80 bits per heavy atom. The molecule has 0 amide bonds. The number of sulfonamides is 1. The van der Waals surface area contributed by atoms with Crippen LogP contribution in [0.5, 0.6) is 0 Å². The highest BCUT2D eigenvalue weighted by Gasteiger charge is 2.29. The van der Waals surface area contributed by atoms with E-state index in [1.807, 2.05) is 4.90 Å². The minimum Gasteiger partial charge on any atom is -0.480 e. The summed E-state index contributed by atoms with van der Waals surface area (Å²) in [6, 6.07) is 12.2. The van der Waals surface area contributed by atoms with Crippen molar-refractivity contribution in [1.82, 2.24) is 19.8 Å². The fraction of sp³-hybridized carbons (Fsp3) is 0.414. The zero-order valence-corrected chi connectivity index (χ0v) is 26.2. The van der Waals surface area contributed by atoms with Gasteiger partial charge in [0.2, 0.25) is 16.0 Å². The van der Waals surface area contributed by atoms with Crippen LogP contribution in [-0.4, -0.2) is 104 Å². The number of nitrogens with one attached hydrogen (secondary N) is 2. The molecule has 2 aliphatic heterocycles. The number of piperidine rings is 1. The first-order chi connectivity index (χ1) is 21.0. The highest BCUT2D eigenvalue weighted by atomic mass is 35.5. The van der Waals surface area contributed by atoms with Gasteiger partial charge in [-0.15, -0.1) is 0 Å². The van der Waals surface area contributed by atoms with Gasteiger partial charge < -0.3 is 20.6 Å². The molecule has 44 heavy (non-hydrogen) atoms. The van der Waals surface area contributed by atoms with Crippen molar-refractivity contribution in [1.29, 1.82) is 0 Å². The van der Waals surface area contributed by atoms with Gasteiger partial charge in [0.1, 0.15) is 10.8 Å². The minimum absolute atomic E-state index is 0.0816. The second-order valence-electron chi connectivity index (χ2n) is 11.0. The first-order valence-corrected chi connectivity index (χ1v) is 16.5. The molecule has 5 rings (SSSR count). The molecule has 0 bridgehead atoms. The molecule has 0 unspecified atom stereocenters. The highest BCUT2D eigenvalue weighted by molar-refractivity contribution is 7.92. The van der Waals surface area contributed by atoms with Gasteiger partial charge in [0.25, 0.3) is 0 Å². The molecule has 1 aromatic heterocycles. The topological polar surface area (TPSA) is 134 Å². The van der Waals surface area contributed by atoms with Crippen molar-refractivity contribution in [3.63, 3.8) is 0 Å². The normalized spacial score (nSPS) is 17.0. The molecule has 3 N–H and O–H groups in total. The van der Waals surface area contributed by atoms with E-state index in [2.05, 4.69) is 30.4 Å². The van der Waals surface area contributed by atoms with E-state index >= 15 is 4.39 Å². The van der Waals surface area contributed by atoms with Gasteiger partial charge in [0.15, 0.2) is 5.82 Å². The maximum Gasteiger partial charge on any atom is 0.317 e. The lowest BCUT2D eigenvalue weighted by atomic mass is 10.0. The van der Waals surface area contributed by atoms with Crippen LogP contribution in [0.1, 0.15) is 12.8 Å². The van der Waals surface area contributed by atoms with Crippen molar-refractivity contribution in [3.05, 3.63) is 59.5 Å². The molecule has 2 fully saturated rings. The van der Waals surface area contributed by atoms with Gasteiger partial charge in [-0.2, -0.15) is 4.98 Å². The molecule has 0 spiro atoms. The number of hydrogen-bond donors (Lipinski definition) is 3. The van der Waals surface area contributed by atoms with Crippen LogP contribution in [0.15, 0.2) is 48.7 Å². The third-order valence-corrected chi connectivity index (χ3v) is 9.50. The third-order valence-electron chi connectivity index (χ3n) is 8.03. The van der Waals surface area contributed by atoms with Crippen LogP contribution in [0.2, 0.25) is 5.02 Å². The van der Waals surface area contributed by atoms with E-state index in [9.17, 15) is 13.2 Å². The molecule has 0 atom stereocenters. The third kappa shape index (κ3) is 7.67. The van der Waals surface area contributed by atoms with Gasteiger partial charge in [-0.1, -0.05) is 23.7 Å². The number of carbonyl (C=O) groups is 1. The Bertz CT molecular complexity index is 1600. The van der Waals surface area contributed by atoms with Crippen LogP contribution in [0.3, 0.4) is 0 Å². The molecular weight excluding hydrogens is 611 g/mol. The first kappa shape index (κ1) is 31.7. The Morgan fingerprint density at radius 3 is 2.45 bits per heavy atom. The number of aromatic nitrogens is 2. The van der Waals surface area contributed by atoms with E-state index in [0.29, 0.717) is 28.8 Å². The summed E-state index contributed by atoms with van der Waals surface area (Å²) in [5.74, 6) is -0.722. The number of hydrogen-bond acceptors (Lipinski definition) is 10. The summed E-state index contributed by atoms with van der Waals surface area (Å²) in [6.45, 7) is 4.74. The van der Waals surface area contributed by atoms with Crippen molar-refractivity contribution >= 4 is 62.1 Å². The number of carboxylic acids is 1. The minimum atomic E-state index is -3.50. The summed E-state index contributed by atoms with van der Waals surface area (Å²) in [5, 5.41) is 15.3. The second kappa shape index (κ2) is 13.5. The van der Waals surface area contributed by atoms with E-state index in [0.717, 1.165) is 62.7 Å². The van der Waals surface area contributed by atoms with Crippen molar-refractivity contribution in [3.8, 4) is 0 Å². The lowest BCUT2D eigenvalue weighted by molar-refractivity contribution is -0.138. The summed E-state index contributed by atoms with van der Waals surface area (Å²) in [7, 11) is -2.05. The van der Waals surface area contributed by atoms with Crippen molar-refractivity contribution in [2.24, 2.45) is 0 Å². The molecule has 0 aliphatic carbocycles. The lowest BCUT2D eigenvalue weighted by Gasteiger charge is -2.43. The number of piperazine rings is 1. The smallest absolute Gasteiger partial charge is 0.317 e. The molecule has 2 aromatic carbocycles. The summed E-state index contributed by atoms with van der Waals surface area (Å²) in [4.78, 5) is 26.1. The van der Waals surface area contributed by atoms with E-state index in [-0.39, 0.29) is 29.2 Å². The van der Waals surface area contributed by atoms with Crippen molar-refractivity contribution in [2.75, 3.05) is 79.0 Å². The SMILES string of the molecule is CN(c1ccccc1Nc1nc(Nc2ccc(N3CCC(N4CCN(CC(=O)O)CC4)CC3)c(F)c2)ncc1Cl)S(C)(=O)=O. The highest BCUT2D eigenvalue weighted by Crippen LogP contribution is 2.33. The van der Waals surface area contributed by atoms with E-state index in [4.69, 9.17) is 16.7 Å². The number of nitrogens with zero attached hydrogens (tertiary/aromatic N) is 6. The Hall–Kier alpha value is -3.72.